The standard InChI is InChI=1S/C32H46O4/c1-21(19-36-20-23-8-6-10-26(16-23)31(3,4)35)28-13-14-29-24(9-7-15-32(28,29)5)11-12-25-17-27(33)18-30(34)22(25)2/h6,8,10-12,16,21,27-30,33-35H,2,7,9,13-15,17-20H2,1,3-5H3/b24-11+,25-12+/t21-,27+,28+,29-,30-,32+/m0/s1. The van der Waals surface area contributed by atoms with Crippen molar-refractivity contribution in [2.75, 3.05) is 6.61 Å². The van der Waals surface area contributed by atoms with Gasteiger partial charge in [-0.1, -0.05) is 62.4 Å². The van der Waals surface area contributed by atoms with Crippen molar-refractivity contribution in [3.63, 3.8) is 0 Å². The number of hydrogen-bond acceptors (Lipinski definition) is 4. The molecule has 0 amide bonds. The van der Waals surface area contributed by atoms with Crippen molar-refractivity contribution in [2.24, 2.45) is 23.2 Å². The Morgan fingerprint density at radius 3 is 2.75 bits per heavy atom. The number of aliphatic hydroxyl groups excluding tert-OH is 2. The van der Waals surface area contributed by atoms with Gasteiger partial charge in [0.2, 0.25) is 0 Å². The highest BCUT2D eigenvalue weighted by molar-refractivity contribution is 5.38. The van der Waals surface area contributed by atoms with Crippen molar-refractivity contribution >= 4 is 0 Å². The monoisotopic (exact) mass is 494 g/mol. The van der Waals surface area contributed by atoms with Crippen LogP contribution in [0.1, 0.15) is 83.8 Å². The van der Waals surface area contributed by atoms with Gasteiger partial charge in [-0.2, -0.15) is 0 Å². The van der Waals surface area contributed by atoms with Crippen LogP contribution >= 0.6 is 0 Å². The maximum Gasteiger partial charge on any atom is 0.0840 e. The average Bonchev–Trinajstić information content (AvgIpc) is 3.17. The number of fused-ring (bicyclic) bond motifs is 1. The second-order valence-electron chi connectivity index (χ2n) is 12.4. The normalized spacial score (nSPS) is 34.2. The van der Waals surface area contributed by atoms with Gasteiger partial charge in [-0.3, -0.25) is 0 Å². The molecule has 0 saturated heterocycles. The lowest BCUT2D eigenvalue weighted by Gasteiger charge is -2.44. The van der Waals surface area contributed by atoms with E-state index >= 15 is 0 Å². The lowest BCUT2D eigenvalue weighted by molar-refractivity contribution is 0.0275. The minimum Gasteiger partial charge on any atom is -0.393 e. The smallest absolute Gasteiger partial charge is 0.0840 e. The van der Waals surface area contributed by atoms with E-state index in [4.69, 9.17) is 4.74 Å². The minimum atomic E-state index is -0.845. The molecule has 3 saturated carbocycles. The molecule has 3 aliphatic rings. The molecular weight excluding hydrogens is 448 g/mol. The molecule has 1 aromatic rings. The Hall–Kier alpha value is -1.72. The third-order valence-corrected chi connectivity index (χ3v) is 9.27. The third-order valence-electron chi connectivity index (χ3n) is 9.27. The number of aliphatic hydroxyl groups is 3. The van der Waals surface area contributed by atoms with Crippen LogP contribution in [0.25, 0.3) is 0 Å². The summed E-state index contributed by atoms with van der Waals surface area (Å²) in [6.07, 6.45) is 10.3. The molecule has 0 bridgehead atoms. The molecule has 0 heterocycles. The van der Waals surface area contributed by atoms with Crippen LogP contribution < -0.4 is 0 Å². The molecule has 4 heteroatoms. The van der Waals surface area contributed by atoms with Gasteiger partial charge in [0.1, 0.15) is 0 Å². The van der Waals surface area contributed by atoms with Gasteiger partial charge in [0.15, 0.2) is 0 Å². The molecule has 36 heavy (non-hydrogen) atoms. The molecule has 4 rings (SSSR count). The van der Waals surface area contributed by atoms with E-state index in [0.717, 1.165) is 35.3 Å². The van der Waals surface area contributed by atoms with Crippen LogP contribution in [-0.4, -0.2) is 34.1 Å². The van der Waals surface area contributed by atoms with E-state index in [1.54, 1.807) is 0 Å². The fourth-order valence-electron chi connectivity index (χ4n) is 7.20. The summed E-state index contributed by atoms with van der Waals surface area (Å²) >= 11 is 0. The Balaban J connectivity index is 1.39. The summed E-state index contributed by atoms with van der Waals surface area (Å²) in [7, 11) is 0. The fourth-order valence-corrected chi connectivity index (χ4v) is 7.20. The highest BCUT2D eigenvalue weighted by Gasteiger charge is 2.50. The molecule has 3 N–H and O–H groups in total. The topological polar surface area (TPSA) is 69.9 Å². The molecule has 4 nitrogen and oxygen atoms in total. The third kappa shape index (κ3) is 5.88. The molecule has 198 valence electrons. The highest BCUT2D eigenvalue weighted by atomic mass is 16.5. The van der Waals surface area contributed by atoms with Crippen molar-refractivity contribution in [1.82, 2.24) is 0 Å². The summed E-state index contributed by atoms with van der Waals surface area (Å²) < 4.78 is 6.21. The van der Waals surface area contributed by atoms with Gasteiger partial charge in [-0.15, -0.1) is 0 Å². The molecule has 6 atom stereocenters. The molecule has 0 unspecified atom stereocenters. The lowest BCUT2D eigenvalue weighted by Crippen LogP contribution is -2.37. The van der Waals surface area contributed by atoms with Crippen LogP contribution in [0, 0.1) is 23.2 Å². The molecule has 3 fully saturated rings. The number of hydrogen-bond donors (Lipinski definition) is 3. The van der Waals surface area contributed by atoms with Gasteiger partial charge >= 0.3 is 0 Å². The second-order valence-corrected chi connectivity index (χ2v) is 12.4. The maximum atomic E-state index is 10.3. The van der Waals surface area contributed by atoms with E-state index in [-0.39, 0.29) is 5.41 Å². The Morgan fingerprint density at radius 2 is 2.00 bits per heavy atom. The zero-order chi connectivity index (χ0) is 26.1. The molecule has 1 aromatic carbocycles. The number of allylic oxidation sites excluding steroid dienone is 3. The highest BCUT2D eigenvalue weighted by Crippen LogP contribution is 2.59. The summed E-state index contributed by atoms with van der Waals surface area (Å²) in [6, 6.07) is 8.07. The van der Waals surface area contributed by atoms with Crippen LogP contribution in [0.4, 0.5) is 0 Å². The van der Waals surface area contributed by atoms with Crippen LogP contribution in [0.2, 0.25) is 0 Å². The molecule has 3 aliphatic carbocycles. The first-order valence-electron chi connectivity index (χ1n) is 13.8. The SMILES string of the molecule is C=C1/C(=C/C=C2\CCC[C@]3(C)[C@@H]([C@@H](C)COCc4cccc(C(C)(C)O)c4)CC[C@@H]23)C[C@@H](O)C[C@@H]1O. The predicted molar refractivity (Wildman–Crippen MR) is 145 cm³/mol. The summed E-state index contributed by atoms with van der Waals surface area (Å²) in [5.41, 5.74) is 4.74. The van der Waals surface area contributed by atoms with E-state index in [9.17, 15) is 15.3 Å². The Bertz CT molecular complexity index is 1000. The Morgan fingerprint density at radius 1 is 1.22 bits per heavy atom. The van der Waals surface area contributed by atoms with E-state index in [1.807, 2.05) is 32.0 Å². The fraction of sp³-hybridized carbons (Fsp3) is 0.625. The van der Waals surface area contributed by atoms with Gasteiger partial charge in [-0.05, 0) is 97.8 Å². The summed E-state index contributed by atoms with van der Waals surface area (Å²) in [5.74, 6) is 1.71. The van der Waals surface area contributed by atoms with E-state index in [1.165, 1.54) is 31.3 Å². The van der Waals surface area contributed by atoms with Crippen molar-refractivity contribution in [1.29, 1.82) is 0 Å². The number of benzene rings is 1. The summed E-state index contributed by atoms with van der Waals surface area (Å²) in [5, 5.41) is 30.6. The van der Waals surface area contributed by atoms with Gasteiger partial charge in [0.25, 0.3) is 0 Å². The van der Waals surface area contributed by atoms with E-state index in [2.05, 4.69) is 38.6 Å². The molecule has 0 radical (unpaired) electrons. The Labute approximate surface area is 217 Å². The first kappa shape index (κ1) is 27.3. The average molecular weight is 495 g/mol. The van der Waals surface area contributed by atoms with Crippen LogP contribution in [0.5, 0.6) is 0 Å². The van der Waals surface area contributed by atoms with E-state index < -0.39 is 17.8 Å². The molecular formula is C32H46O4. The van der Waals surface area contributed by atoms with Crippen LogP contribution in [-0.2, 0) is 16.9 Å². The van der Waals surface area contributed by atoms with Gasteiger partial charge in [0, 0.05) is 13.0 Å². The largest absolute Gasteiger partial charge is 0.393 e. The maximum absolute atomic E-state index is 10.3. The molecule has 0 aliphatic heterocycles. The van der Waals surface area contributed by atoms with Gasteiger partial charge in [0.05, 0.1) is 24.4 Å². The number of rotatable bonds is 7. The second kappa shape index (κ2) is 10.9. The van der Waals surface area contributed by atoms with Crippen molar-refractivity contribution in [3.05, 3.63) is 70.8 Å². The van der Waals surface area contributed by atoms with Gasteiger partial charge in [-0.25, -0.2) is 0 Å². The first-order valence-corrected chi connectivity index (χ1v) is 13.8. The zero-order valence-corrected chi connectivity index (χ0v) is 22.7. The zero-order valence-electron chi connectivity index (χ0n) is 22.7. The van der Waals surface area contributed by atoms with Crippen LogP contribution in [0.3, 0.4) is 0 Å². The van der Waals surface area contributed by atoms with Crippen LogP contribution in [0.15, 0.2) is 59.7 Å². The number of ether oxygens (including phenoxy) is 1. The van der Waals surface area contributed by atoms with Crippen molar-refractivity contribution < 1.29 is 20.1 Å². The Kier molecular flexibility index (Phi) is 8.31. The lowest BCUT2D eigenvalue weighted by atomic mass is 9.61. The van der Waals surface area contributed by atoms with Crippen molar-refractivity contribution in [3.8, 4) is 0 Å². The first-order chi connectivity index (χ1) is 17.0. The predicted octanol–water partition coefficient (Wildman–Crippen LogP) is 6.21. The quantitative estimate of drug-likeness (QED) is 0.422. The summed E-state index contributed by atoms with van der Waals surface area (Å²) in [4.78, 5) is 0. The molecule has 0 aromatic heterocycles. The van der Waals surface area contributed by atoms with Gasteiger partial charge < -0.3 is 20.1 Å². The molecule has 0 spiro atoms. The van der Waals surface area contributed by atoms with Crippen molar-refractivity contribution in [2.45, 2.75) is 97.1 Å². The van der Waals surface area contributed by atoms with E-state index in [0.29, 0.717) is 37.2 Å². The summed E-state index contributed by atoms with van der Waals surface area (Å²) in [6.45, 7) is 13.9. The minimum absolute atomic E-state index is 0.287.